The van der Waals surface area contributed by atoms with Crippen molar-refractivity contribution in [3.63, 3.8) is 0 Å². The van der Waals surface area contributed by atoms with Crippen molar-refractivity contribution in [3.05, 3.63) is 53.2 Å². The van der Waals surface area contributed by atoms with E-state index in [1.165, 1.54) is 5.56 Å². The summed E-state index contributed by atoms with van der Waals surface area (Å²) in [5.41, 5.74) is 1.30. The Morgan fingerprint density at radius 2 is 1.96 bits per heavy atom. The molecule has 26 heavy (non-hydrogen) atoms. The van der Waals surface area contributed by atoms with E-state index in [4.69, 9.17) is 4.74 Å². The fourth-order valence-electron chi connectivity index (χ4n) is 2.45. The minimum atomic E-state index is -0.143. The molecule has 1 aromatic carbocycles. The van der Waals surface area contributed by atoms with Gasteiger partial charge < -0.3 is 20.1 Å². The molecule has 1 atom stereocenters. The summed E-state index contributed by atoms with van der Waals surface area (Å²) in [6.45, 7) is 4.50. The summed E-state index contributed by atoms with van der Waals surface area (Å²) in [5, 5.41) is 14.0. The van der Waals surface area contributed by atoms with E-state index in [2.05, 4.69) is 34.3 Å². The summed E-state index contributed by atoms with van der Waals surface area (Å²) >= 11 is 0. The van der Waals surface area contributed by atoms with Crippen molar-refractivity contribution in [1.82, 2.24) is 9.97 Å². The number of nitrogens with zero attached hydrogens (tertiary/aromatic N) is 3. The fourth-order valence-corrected chi connectivity index (χ4v) is 2.45. The Bertz CT molecular complexity index is 611. The first-order chi connectivity index (χ1) is 11.7. The minimum absolute atomic E-state index is 0. The fraction of sp³-hybridized carbons (Fsp3) is 0.500. The number of hydrogen-bond donors (Lipinski definition) is 1. The second-order valence-electron chi connectivity index (χ2n) is 5.80. The minimum Gasteiger partial charge on any atom is -0.492 e. The van der Waals surface area contributed by atoms with Crippen LogP contribution in [0.4, 0.5) is 5.82 Å². The van der Waals surface area contributed by atoms with Crippen LogP contribution in [-0.4, -0.2) is 34.3 Å². The topological polar surface area (TPSA) is 69.3 Å². The predicted octanol–water partition coefficient (Wildman–Crippen LogP) is 1.60. The van der Waals surface area contributed by atoms with Crippen LogP contribution in [0.5, 0.6) is 5.75 Å². The molecule has 1 unspecified atom stereocenters. The standard InChI is InChI=1S/C19H26N3O2.CH4.K/c1-3-8-17(14-23)22-19-18(13-20-15(2)21-19)24-12-7-11-16-9-5-4-6-10-16;;/h4-6,9-10,13,17,23H,3,7-8,11-12,14H2,1-2H3;1H4;/q-1;;+1. The molecule has 0 radical (unpaired) electrons. The molecule has 6 heteroatoms. The van der Waals surface area contributed by atoms with Crippen LogP contribution in [0.15, 0.2) is 36.5 Å². The van der Waals surface area contributed by atoms with Gasteiger partial charge in [0.1, 0.15) is 5.75 Å². The number of hydrogen-bond acceptors (Lipinski definition) is 4. The Hall–Kier alpha value is -0.504. The molecular weight excluding hydrogens is 353 g/mol. The number of aliphatic hydroxyl groups is 1. The summed E-state index contributed by atoms with van der Waals surface area (Å²) in [5.74, 6) is 1.77. The normalized spacial score (nSPS) is 11.0. The molecule has 2 rings (SSSR count). The molecule has 0 saturated carbocycles. The number of aryl methyl sites for hydroxylation is 2. The molecule has 1 aromatic heterocycles. The third kappa shape index (κ3) is 8.93. The maximum Gasteiger partial charge on any atom is 1.00 e. The van der Waals surface area contributed by atoms with Crippen molar-refractivity contribution in [2.75, 3.05) is 13.2 Å². The smallest absolute Gasteiger partial charge is 0.492 e. The number of rotatable bonds is 10. The number of aliphatic hydroxyl groups excluding tert-OH is 1. The van der Waals surface area contributed by atoms with Gasteiger partial charge in [0, 0.05) is 12.4 Å². The molecule has 0 fully saturated rings. The number of aromatic nitrogens is 2. The zero-order valence-corrected chi connectivity index (χ0v) is 18.6. The van der Waals surface area contributed by atoms with Crippen LogP contribution < -0.4 is 56.1 Å². The summed E-state index contributed by atoms with van der Waals surface area (Å²) < 4.78 is 5.84. The average Bonchev–Trinajstić information content (AvgIpc) is 2.60. The molecule has 1 heterocycles. The van der Waals surface area contributed by atoms with E-state index in [1.807, 2.05) is 25.1 Å². The summed E-state index contributed by atoms with van der Waals surface area (Å²) in [7, 11) is 0. The van der Waals surface area contributed by atoms with E-state index in [0.29, 0.717) is 24.0 Å². The Morgan fingerprint density at radius 1 is 1.23 bits per heavy atom. The van der Waals surface area contributed by atoms with E-state index in [0.717, 1.165) is 25.7 Å². The molecule has 5 nitrogen and oxygen atoms in total. The molecule has 2 aromatic rings. The van der Waals surface area contributed by atoms with Crippen LogP contribution >= 0.6 is 0 Å². The first kappa shape index (κ1) is 25.5. The first-order valence-corrected chi connectivity index (χ1v) is 8.55. The van der Waals surface area contributed by atoms with Crippen molar-refractivity contribution in [1.29, 1.82) is 0 Å². The van der Waals surface area contributed by atoms with Gasteiger partial charge in [-0.2, -0.15) is 0 Å². The Labute approximate surface area is 200 Å². The average molecular weight is 384 g/mol. The molecule has 0 bridgehead atoms. The maximum absolute atomic E-state index is 9.44. The van der Waals surface area contributed by atoms with Gasteiger partial charge >= 0.3 is 51.4 Å². The second-order valence-corrected chi connectivity index (χ2v) is 5.80. The summed E-state index contributed by atoms with van der Waals surface area (Å²) in [4.78, 5) is 8.56. The van der Waals surface area contributed by atoms with Gasteiger partial charge in [-0.1, -0.05) is 51.1 Å². The third-order valence-electron chi connectivity index (χ3n) is 3.70. The predicted molar refractivity (Wildman–Crippen MR) is 103 cm³/mol. The Morgan fingerprint density at radius 3 is 2.62 bits per heavy atom. The maximum atomic E-state index is 9.44. The van der Waals surface area contributed by atoms with Crippen LogP contribution in [0.3, 0.4) is 0 Å². The summed E-state index contributed by atoms with van der Waals surface area (Å²) in [6, 6.07) is 10.2. The van der Waals surface area contributed by atoms with Crippen molar-refractivity contribution >= 4 is 5.82 Å². The third-order valence-corrected chi connectivity index (χ3v) is 3.70. The van der Waals surface area contributed by atoms with Gasteiger partial charge in [0.2, 0.25) is 0 Å². The van der Waals surface area contributed by atoms with Crippen LogP contribution in [-0.2, 0) is 6.42 Å². The number of benzene rings is 1. The Kier molecular flexibility index (Phi) is 14.3. The van der Waals surface area contributed by atoms with Crippen LogP contribution in [0, 0.1) is 6.92 Å². The Balaban J connectivity index is 0.00000312. The molecular formula is C20H30KN3O2. The van der Waals surface area contributed by atoms with Crippen LogP contribution in [0.25, 0.3) is 5.32 Å². The van der Waals surface area contributed by atoms with Gasteiger partial charge in [-0.05, 0) is 43.6 Å². The van der Waals surface area contributed by atoms with Crippen LogP contribution in [0.1, 0.15) is 45.0 Å². The summed E-state index contributed by atoms with van der Waals surface area (Å²) in [6.07, 6.45) is 5.34. The molecule has 0 aliphatic carbocycles. The van der Waals surface area contributed by atoms with Crippen molar-refractivity contribution in [3.8, 4) is 5.75 Å². The molecule has 0 spiro atoms. The molecule has 138 valence electrons. The van der Waals surface area contributed by atoms with E-state index >= 15 is 0 Å². The van der Waals surface area contributed by atoms with Gasteiger partial charge in [-0.25, -0.2) is 0 Å². The monoisotopic (exact) mass is 383 g/mol. The van der Waals surface area contributed by atoms with E-state index in [9.17, 15) is 5.11 Å². The van der Waals surface area contributed by atoms with Gasteiger partial charge in [0.25, 0.3) is 0 Å². The van der Waals surface area contributed by atoms with Crippen LogP contribution in [0.2, 0.25) is 0 Å². The molecule has 1 N–H and O–H groups in total. The largest absolute Gasteiger partial charge is 1.00 e. The zero-order valence-electron chi connectivity index (χ0n) is 15.5. The van der Waals surface area contributed by atoms with Gasteiger partial charge in [0.15, 0.2) is 0 Å². The van der Waals surface area contributed by atoms with Gasteiger partial charge in [0.05, 0.1) is 12.8 Å². The zero-order chi connectivity index (χ0) is 17.2. The second kappa shape index (κ2) is 14.5. The molecule has 0 aliphatic rings. The van der Waals surface area contributed by atoms with E-state index < -0.39 is 0 Å². The molecule has 0 saturated heterocycles. The van der Waals surface area contributed by atoms with Gasteiger partial charge in [-0.3, -0.25) is 4.98 Å². The SMILES string of the molecule is C.CCCC(CO)[N-]c1nc(C)ncc1OCCCc1ccccc1.[K+]. The van der Waals surface area contributed by atoms with Crippen molar-refractivity contribution in [2.24, 2.45) is 0 Å². The molecule has 0 amide bonds. The molecule has 0 aliphatic heterocycles. The van der Waals surface area contributed by atoms with Crippen molar-refractivity contribution in [2.45, 2.75) is 53.0 Å². The number of ether oxygens (including phenoxy) is 1. The van der Waals surface area contributed by atoms with E-state index in [-0.39, 0.29) is 71.5 Å². The van der Waals surface area contributed by atoms with E-state index in [1.54, 1.807) is 6.20 Å². The van der Waals surface area contributed by atoms with Gasteiger partial charge in [-0.15, -0.1) is 0 Å². The quantitative estimate of drug-likeness (QED) is 0.500. The van der Waals surface area contributed by atoms with Crippen molar-refractivity contribution < 1.29 is 61.2 Å². The first-order valence-electron chi connectivity index (χ1n) is 8.55.